The largest absolute Gasteiger partial charge is 0.494 e. The first-order valence-corrected chi connectivity index (χ1v) is 18.0. The molecule has 0 aromatic heterocycles. The minimum Gasteiger partial charge on any atom is -0.494 e. The van der Waals surface area contributed by atoms with E-state index in [1.54, 1.807) is 0 Å². The van der Waals surface area contributed by atoms with E-state index in [-0.39, 0.29) is 30.2 Å². The maximum atomic E-state index is 14.0. The van der Waals surface area contributed by atoms with Crippen molar-refractivity contribution in [2.24, 2.45) is 5.41 Å². The monoisotopic (exact) mass is 644 g/mol. The van der Waals surface area contributed by atoms with Gasteiger partial charge in [-0.3, -0.25) is 14.5 Å². The SMILES string of the molecule is CCCCC1(CCCC)C[C@H](c2ccc(OCCCCCN(CC(=O)O)CC(=O)O)cc2)c2cc(N(C)C)ccc2S(=O)(=O)C1. The van der Waals surface area contributed by atoms with E-state index in [2.05, 4.69) is 32.0 Å². The fourth-order valence-corrected chi connectivity index (χ4v) is 8.73. The van der Waals surface area contributed by atoms with Crippen LogP contribution in [0, 0.1) is 5.41 Å². The van der Waals surface area contributed by atoms with Crippen molar-refractivity contribution in [1.82, 2.24) is 4.90 Å². The van der Waals surface area contributed by atoms with Gasteiger partial charge in [0.25, 0.3) is 0 Å². The molecule has 1 aliphatic heterocycles. The highest BCUT2D eigenvalue weighted by Gasteiger charge is 2.43. The number of fused-ring (bicyclic) bond motifs is 1. The fraction of sp³-hybridized carbons (Fsp3) is 0.600. The summed E-state index contributed by atoms with van der Waals surface area (Å²) in [6.45, 7) is 4.65. The Bertz CT molecular complexity index is 1330. The molecule has 0 saturated carbocycles. The molecule has 2 aromatic carbocycles. The molecule has 2 N–H and O–H groups in total. The van der Waals surface area contributed by atoms with E-state index >= 15 is 0 Å². The lowest BCUT2D eigenvalue weighted by molar-refractivity contribution is -0.141. The molecule has 0 unspecified atom stereocenters. The number of sulfone groups is 1. The van der Waals surface area contributed by atoms with Gasteiger partial charge in [0.05, 0.1) is 30.3 Å². The smallest absolute Gasteiger partial charge is 0.317 e. The normalized spacial score (nSPS) is 17.0. The van der Waals surface area contributed by atoms with Crippen LogP contribution in [0.1, 0.15) is 95.1 Å². The van der Waals surface area contributed by atoms with Crippen LogP contribution in [-0.4, -0.2) is 81.6 Å². The van der Waals surface area contributed by atoms with Crippen molar-refractivity contribution in [1.29, 1.82) is 0 Å². The summed E-state index contributed by atoms with van der Waals surface area (Å²) < 4.78 is 34.0. The average molecular weight is 645 g/mol. The molecule has 0 radical (unpaired) electrons. The number of rotatable bonds is 19. The predicted molar refractivity (Wildman–Crippen MR) is 178 cm³/mol. The zero-order valence-corrected chi connectivity index (χ0v) is 28.3. The average Bonchev–Trinajstić information content (AvgIpc) is 3.08. The molecule has 0 saturated heterocycles. The highest BCUT2D eigenvalue weighted by Crippen LogP contribution is 2.50. The third kappa shape index (κ3) is 10.7. The lowest BCUT2D eigenvalue weighted by atomic mass is 9.70. The summed E-state index contributed by atoms with van der Waals surface area (Å²) in [4.78, 5) is 25.9. The van der Waals surface area contributed by atoms with E-state index in [0.717, 1.165) is 80.4 Å². The molecular formula is C35H52N2O7S. The highest BCUT2D eigenvalue weighted by atomic mass is 32.2. The van der Waals surface area contributed by atoms with Gasteiger partial charge in [0, 0.05) is 25.7 Å². The summed E-state index contributed by atoms with van der Waals surface area (Å²) in [6.07, 6.45) is 8.90. The molecule has 3 rings (SSSR count). The van der Waals surface area contributed by atoms with Crippen LogP contribution in [0.25, 0.3) is 0 Å². The van der Waals surface area contributed by atoms with E-state index in [9.17, 15) is 18.0 Å². The number of carboxylic acids is 2. The Hall–Kier alpha value is -3.11. The molecule has 0 amide bonds. The molecule has 2 aromatic rings. The maximum Gasteiger partial charge on any atom is 0.317 e. The Kier molecular flexibility index (Phi) is 13.7. The Morgan fingerprint density at radius 2 is 1.51 bits per heavy atom. The molecule has 9 nitrogen and oxygen atoms in total. The molecule has 0 bridgehead atoms. The number of ether oxygens (including phenoxy) is 1. The van der Waals surface area contributed by atoms with Crippen LogP contribution in [0.5, 0.6) is 5.75 Å². The van der Waals surface area contributed by atoms with Crippen LogP contribution in [0.3, 0.4) is 0 Å². The summed E-state index contributed by atoms with van der Waals surface area (Å²) in [6, 6.07) is 13.9. The number of aliphatic carboxylic acids is 2. The van der Waals surface area contributed by atoms with Gasteiger partial charge in [0.2, 0.25) is 0 Å². The fourth-order valence-electron chi connectivity index (χ4n) is 6.52. The molecule has 1 atom stereocenters. The number of hydrogen-bond acceptors (Lipinski definition) is 7. The zero-order chi connectivity index (χ0) is 33.0. The quantitative estimate of drug-likeness (QED) is 0.166. The molecule has 1 aliphatic rings. The van der Waals surface area contributed by atoms with Crippen LogP contribution in [0.2, 0.25) is 0 Å². The predicted octanol–water partition coefficient (Wildman–Crippen LogP) is 6.45. The number of nitrogens with zero attached hydrogens (tertiary/aromatic N) is 2. The first kappa shape index (κ1) is 36.4. The highest BCUT2D eigenvalue weighted by molar-refractivity contribution is 7.91. The Balaban J connectivity index is 1.78. The number of carboxylic acid groups (broad SMARTS) is 2. The Morgan fingerprint density at radius 1 is 0.889 bits per heavy atom. The molecule has 45 heavy (non-hydrogen) atoms. The minimum absolute atomic E-state index is 0.0560. The van der Waals surface area contributed by atoms with Gasteiger partial charge in [0.15, 0.2) is 9.84 Å². The topological polar surface area (TPSA) is 124 Å². The number of anilines is 1. The molecule has 0 fully saturated rings. The van der Waals surface area contributed by atoms with Crippen molar-refractivity contribution in [2.75, 3.05) is 51.0 Å². The van der Waals surface area contributed by atoms with Gasteiger partial charge < -0.3 is 19.8 Å². The Morgan fingerprint density at radius 3 is 2.07 bits per heavy atom. The van der Waals surface area contributed by atoms with Crippen molar-refractivity contribution < 1.29 is 33.0 Å². The van der Waals surface area contributed by atoms with Crippen molar-refractivity contribution in [3.05, 3.63) is 53.6 Å². The second-order valence-corrected chi connectivity index (χ2v) is 14.8. The number of benzene rings is 2. The van der Waals surface area contributed by atoms with Crippen LogP contribution >= 0.6 is 0 Å². The van der Waals surface area contributed by atoms with Gasteiger partial charge in [-0.1, -0.05) is 51.7 Å². The molecule has 0 aliphatic carbocycles. The molecule has 1 heterocycles. The van der Waals surface area contributed by atoms with E-state index in [0.29, 0.717) is 24.5 Å². The van der Waals surface area contributed by atoms with Gasteiger partial charge in [-0.05, 0) is 91.9 Å². The lowest BCUT2D eigenvalue weighted by Gasteiger charge is -2.35. The van der Waals surface area contributed by atoms with E-state index in [1.807, 2.05) is 43.3 Å². The van der Waals surface area contributed by atoms with Crippen molar-refractivity contribution >= 4 is 27.5 Å². The standard InChI is InChI=1S/C35H52N2O7S/c1-5-7-18-35(19-8-6-2)23-31(30-22-28(36(3)4)14-17-32(30)45(42,43)26-35)27-12-15-29(16-13-27)44-21-11-9-10-20-37(24-33(38)39)25-34(40)41/h12-17,22,31H,5-11,18-21,23-26H2,1-4H3,(H,38,39)(H,40,41)/t31-/m1/s1. The molecule has 0 spiro atoms. The third-order valence-electron chi connectivity index (χ3n) is 8.86. The van der Waals surface area contributed by atoms with Crippen LogP contribution in [0.4, 0.5) is 5.69 Å². The van der Waals surface area contributed by atoms with E-state index in [1.165, 1.54) is 4.90 Å². The molecule has 250 valence electrons. The summed E-state index contributed by atoms with van der Waals surface area (Å²) in [5, 5.41) is 18.0. The van der Waals surface area contributed by atoms with Gasteiger partial charge in [-0.2, -0.15) is 0 Å². The van der Waals surface area contributed by atoms with Crippen LogP contribution in [0.15, 0.2) is 47.4 Å². The minimum atomic E-state index is -3.48. The lowest BCUT2D eigenvalue weighted by Crippen LogP contribution is -2.35. The zero-order valence-electron chi connectivity index (χ0n) is 27.5. The van der Waals surface area contributed by atoms with E-state index in [4.69, 9.17) is 14.9 Å². The summed E-state index contributed by atoms with van der Waals surface area (Å²) in [7, 11) is 0.470. The third-order valence-corrected chi connectivity index (χ3v) is 10.9. The second-order valence-electron chi connectivity index (χ2n) is 12.8. The van der Waals surface area contributed by atoms with E-state index < -0.39 is 21.8 Å². The van der Waals surface area contributed by atoms with Crippen molar-refractivity contribution in [3.63, 3.8) is 0 Å². The summed E-state index contributed by atoms with van der Waals surface area (Å²) in [5.41, 5.74) is 2.67. The Labute approximate surface area is 269 Å². The summed E-state index contributed by atoms with van der Waals surface area (Å²) in [5.74, 6) is -1.20. The number of hydrogen-bond donors (Lipinski definition) is 2. The second kappa shape index (κ2) is 17.0. The van der Waals surface area contributed by atoms with Gasteiger partial charge in [-0.15, -0.1) is 0 Å². The summed E-state index contributed by atoms with van der Waals surface area (Å²) >= 11 is 0. The van der Waals surface area contributed by atoms with Gasteiger partial charge in [0.1, 0.15) is 5.75 Å². The van der Waals surface area contributed by atoms with Gasteiger partial charge in [-0.25, -0.2) is 8.42 Å². The van der Waals surface area contributed by atoms with Crippen molar-refractivity contribution in [2.45, 2.75) is 88.9 Å². The maximum absolute atomic E-state index is 14.0. The number of unbranched alkanes of at least 4 members (excludes halogenated alkanes) is 4. The van der Waals surface area contributed by atoms with Crippen LogP contribution in [-0.2, 0) is 19.4 Å². The van der Waals surface area contributed by atoms with Crippen molar-refractivity contribution in [3.8, 4) is 5.75 Å². The molecular weight excluding hydrogens is 592 g/mol. The molecule has 10 heteroatoms. The number of carbonyl (C=O) groups is 2. The first-order chi connectivity index (χ1) is 21.4. The van der Waals surface area contributed by atoms with Crippen LogP contribution < -0.4 is 9.64 Å². The first-order valence-electron chi connectivity index (χ1n) is 16.3. The van der Waals surface area contributed by atoms with Gasteiger partial charge >= 0.3 is 11.9 Å².